The van der Waals surface area contributed by atoms with Crippen molar-refractivity contribution < 1.29 is 14.2 Å². The molecule has 0 atom stereocenters. The van der Waals surface area contributed by atoms with Gasteiger partial charge in [0.15, 0.2) is 11.5 Å². The van der Waals surface area contributed by atoms with E-state index in [0.29, 0.717) is 23.3 Å². The number of ether oxygens (including phenoxy) is 3. The SMILES string of the molecule is Bc1ccc(N(Cc2cncc(-c3cc(OC)c(OC)c(OC)c3)c2)C2CCNCC2)cc1. The van der Waals surface area contributed by atoms with Crippen molar-refractivity contribution in [3.8, 4) is 28.4 Å². The quantitative estimate of drug-likeness (QED) is 0.539. The fourth-order valence-electron chi connectivity index (χ4n) is 4.46. The number of nitrogens with one attached hydrogen (secondary N) is 1. The molecule has 1 aromatic heterocycles. The Morgan fingerprint density at radius 3 is 2.18 bits per heavy atom. The van der Waals surface area contributed by atoms with Crippen molar-refractivity contribution in [3.63, 3.8) is 0 Å². The average molecular weight is 445 g/mol. The number of rotatable bonds is 8. The molecule has 0 amide bonds. The van der Waals surface area contributed by atoms with Crippen LogP contribution in [0.4, 0.5) is 5.69 Å². The van der Waals surface area contributed by atoms with E-state index in [4.69, 9.17) is 14.2 Å². The Labute approximate surface area is 197 Å². The van der Waals surface area contributed by atoms with E-state index in [1.165, 1.54) is 16.7 Å². The molecule has 0 unspecified atom stereocenters. The lowest BCUT2D eigenvalue weighted by molar-refractivity contribution is 0.324. The molecule has 0 spiro atoms. The number of anilines is 1. The molecule has 1 aliphatic heterocycles. The highest BCUT2D eigenvalue weighted by Gasteiger charge is 2.22. The highest BCUT2D eigenvalue weighted by atomic mass is 16.5. The third-order valence-electron chi connectivity index (χ3n) is 6.26. The molecule has 1 fully saturated rings. The summed E-state index contributed by atoms with van der Waals surface area (Å²) in [5.41, 5.74) is 5.68. The van der Waals surface area contributed by atoms with Gasteiger partial charge in [0.2, 0.25) is 5.75 Å². The number of benzene rings is 2. The van der Waals surface area contributed by atoms with Gasteiger partial charge in [-0.2, -0.15) is 0 Å². The second-order valence-electron chi connectivity index (χ2n) is 8.44. The minimum atomic E-state index is 0.499. The summed E-state index contributed by atoms with van der Waals surface area (Å²) in [5, 5.41) is 3.48. The lowest BCUT2D eigenvalue weighted by Crippen LogP contribution is -2.43. The summed E-state index contributed by atoms with van der Waals surface area (Å²) in [7, 11) is 7.01. The minimum Gasteiger partial charge on any atom is -0.493 e. The second kappa shape index (κ2) is 10.6. The van der Waals surface area contributed by atoms with Gasteiger partial charge in [0.25, 0.3) is 0 Å². The van der Waals surface area contributed by atoms with Gasteiger partial charge in [-0.3, -0.25) is 4.98 Å². The van der Waals surface area contributed by atoms with Gasteiger partial charge in [-0.25, -0.2) is 0 Å². The van der Waals surface area contributed by atoms with Crippen molar-refractivity contribution in [1.82, 2.24) is 10.3 Å². The fourth-order valence-corrected chi connectivity index (χ4v) is 4.46. The van der Waals surface area contributed by atoms with E-state index in [9.17, 15) is 0 Å². The second-order valence-corrected chi connectivity index (χ2v) is 8.44. The third-order valence-corrected chi connectivity index (χ3v) is 6.26. The van der Waals surface area contributed by atoms with Crippen LogP contribution in [0.15, 0.2) is 54.9 Å². The topological polar surface area (TPSA) is 55.9 Å². The zero-order chi connectivity index (χ0) is 23.2. The van der Waals surface area contributed by atoms with Crippen LogP contribution in [0, 0.1) is 0 Å². The van der Waals surface area contributed by atoms with Gasteiger partial charge in [0.05, 0.1) is 21.3 Å². The van der Waals surface area contributed by atoms with E-state index >= 15 is 0 Å². The molecule has 172 valence electrons. The first-order valence-electron chi connectivity index (χ1n) is 11.4. The zero-order valence-electron chi connectivity index (χ0n) is 19.9. The predicted molar refractivity (Wildman–Crippen MR) is 136 cm³/mol. The molecule has 0 radical (unpaired) electrons. The molecule has 1 saturated heterocycles. The van der Waals surface area contributed by atoms with Crippen molar-refractivity contribution in [2.75, 3.05) is 39.3 Å². The largest absolute Gasteiger partial charge is 0.493 e. The molecule has 0 saturated carbocycles. The van der Waals surface area contributed by atoms with Crippen LogP contribution < -0.4 is 29.9 Å². The van der Waals surface area contributed by atoms with Crippen LogP contribution in [0.3, 0.4) is 0 Å². The number of aromatic nitrogens is 1. The molecule has 2 heterocycles. The Kier molecular flexibility index (Phi) is 7.40. The molecule has 7 heteroatoms. The van der Waals surface area contributed by atoms with Crippen molar-refractivity contribution in [2.24, 2.45) is 0 Å². The van der Waals surface area contributed by atoms with E-state index in [-0.39, 0.29) is 0 Å². The smallest absolute Gasteiger partial charge is 0.203 e. The van der Waals surface area contributed by atoms with Crippen LogP contribution in [0.1, 0.15) is 18.4 Å². The molecule has 33 heavy (non-hydrogen) atoms. The summed E-state index contributed by atoms with van der Waals surface area (Å²) in [6.07, 6.45) is 6.11. The Morgan fingerprint density at radius 2 is 1.58 bits per heavy atom. The maximum Gasteiger partial charge on any atom is 0.203 e. The molecule has 3 aromatic rings. The summed E-state index contributed by atoms with van der Waals surface area (Å²) < 4.78 is 16.6. The Balaban J connectivity index is 1.66. The van der Waals surface area contributed by atoms with Gasteiger partial charge < -0.3 is 24.4 Å². The Morgan fingerprint density at radius 1 is 0.909 bits per heavy atom. The van der Waals surface area contributed by atoms with Crippen LogP contribution in [0.25, 0.3) is 11.1 Å². The molecule has 1 N–H and O–H groups in total. The highest BCUT2D eigenvalue weighted by molar-refractivity contribution is 6.32. The number of pyridine rings is 1. The van der Waals surface area contributed by atoms with Crippen molar-refractivity contribution in [1.29, 1.82) is 0 Å². The van der Waals surface area contributed by atoms with Gasteiger partial charge in [-0.1, -0.05) is 17.6 Å². The van der Waals surface area contributed by atoms with Gasteiger partial charge in [-0.05, 0) is 67.4 Å². The average Bonchev–Trinajstić information content (AvgIpc) is 2.87. The Bertz CT molecular complexity index is 1040. The van der Waals surface area contributed by atoms with Crippen molar-refractivity contribution in [3.05, 3.63) is 60.4 Å². The molecule has 0 bridgehead atoms. The standard InChI is InChI=1S/C26H32BN3O3/c1-31-24-13-19(14-25(32-2)26(24)33-3)20-12-18(15-29-16-20)17-30(23-8-10-28-11-9-23)22-6-4-21(27)5-7-22/h4-7,12-16,23,28H,8-11,17,27H2,1-3H3. The zero-order valence-corrected chi connectivity index (χ0v) is 19.9. The van der Waals surface area contributed by atoms with Crippen LogP contribution >= 0.6 is 0 Å². The number of piperidine rings is 1. The first-order valence-corrected chi connectivity index (χ1v) is 11.4. The first kappa shape index (κ1) is 23.0. The van der Waals surface area contributed by atoms with Crippen molar-refractivity contribution >= 4 is 19.0 Å². The predicted octanol–water partition coefficient (Wildman–Crippen LogP) is 2.79. The lowest BCUT2D eigenvalue weighted by Gasteiger charge is -2.36. The molecule has 1 aliphatic rings. The van der Waals surface area contributed by atoms with E-state index in [0.717, 1.165) is 43.6 Å². The minimum absolute atomic E-state index is 0.499. The normalized spacial score (nSPS) is 14.0. The van der Waals surface area contributed by atoms with Crippen LogP contribution in [-0.2, 0) is 6.54 Å². The highest BCUT2D eigenvalue weighted by Crippen LogP contribution is 2.41. The molecule has 4 rings (SSSR count). The molecular weight excluding hydrogens is 413 g/mol. The molecule has 6 nitrogen and oxygen atoms in total. The van der Waals surface area contributed by atoms with Gasteiger partial charge in [-0.15, -0.1) is 0 Å². The van der Waals surface area contributed by atoms with Crippen LogP contribution in [0.2, 0.25) is 0 Å². The third kappa shape index (κ3) is 5.25. The van der Waals surface area contributed by atoms with Crippen molar-refractivity contribution in [2.45, 2.75) is 25.4 Å². The maximum atomic E-state index is 5.54. The number of methoxy groups -OCH3 is 3. The summed E-state index contributed by atoms with van der Waals surface area (Å²) in [6.45, 7) is 2.91. The summed E-state index contributed by atoms with van der Waals surface area (Å²) in [5.74, 6) is 1.85. The van der Waals surface area contributed by atoms with E-state index < -0.39 is 0 Å². The van der Waals surface area contributed by atoms with Gasteiger partial charge in [0.1, 0.15) is 7.85 Å². The molecular formula is C26H32BN3O3. The molecule has 0 aliphatic carbocycles. The lowest BCUT2D eigenvalue weighted by atomic mass is 9.95. The summed E-state index contributed by atoms with van der Waals surface area (Å²) in [4.78, 5) is 7.09. The van der Waals surface area contributed by atoms with Gasteiger partial charge in [0, 0.05) is 36.2 Å². The fraction of sp³-hybridized carbons (Fsp3) is 0.346. The Hall–Kier alpha value is -3.19. The maximum absolute atomic E-state index is 5.54. The van der Waals surface area contributed by atoms with Crippen LogP contribution in [-0.4, -0.2) is 53.3 Å². The van der Waals surface area contributed by atoms with E-state index in [1.54, 1.807) is 21.3 Å². The molecule has 2 aromatic carbocycles. The van der Waals surface area contributed by atoms with Gasteiger partial charge >= 0.3 is 0 Å². The number of hydrogen-bond donors (Lipinski definition) is 1. The van der Waals surface area contributed by atoms with E-state index in [1.807, 2.05) is 24.5 Å². The summed E-state index contributed by atoms with van der Waals surface area (Å²) >= 11 is 0. The first-order chi connectivity index (χ1) is 16.1. The monoisotopic (exact) mass is 445 g/mol. The number of nitrogens with zero attached hydrogens (tertiary/aromatic N) is 2. The van der Waals surface area contributed by atoms with E-state index in [2.05, 4.69) is 53.4 Å². The number of hydrogen-bond acceptors (Lipinski definition) is 6. The summed E-state index contributed by atoms with van der Waals surface area (Å²) in [6, 6.07) is 15.5. The van der Waals surface area contributed by atoms with Crippen LogP contribution in [0.5, 0.6) is 17.2 Å².